The fourth-order valence-corrected chi connectivity index (χ4v) is 1.68. The van der Waals surface area contributed by atoms with E-state index in [0.717, 1.165) is 11.1 Å². The lowest BCUT2D eigenvalue weighted by Gasteiger charge is -2.07. The first kappa shape index (κ1) is 15.1. The molecule has 0 amide bonds. The summed E-state index contributed by atoms with van der Waals surface area (Å²) in [7, 11) is 0. The van der Waals surface area contributed by atoms with Gasteiger partial charge in [-0.05, 0) is 24.6 Å². The summed E-state index contributed by atoms with van der Waals surface area (Å²) in [5.41, 5.74) is 2.18. The minimum Gasteiger partial charge on any atom is -0.432 e. The quantitative estimate of drug-likeness (QED) is 0.461. The molecule has 0 aliphatic carbocycles. The van der Waals surface area contributed by atoms with Crippen LogP contribution in [0.25, 0.3) is 0 Å². The van der Waals surface area contributed by atoms with Crippen molar-refractivity contribution in [1.82, 2.24) is 0 Å². The third kappa shape index (κ3) is 5.67. The van der Waals surface area contributed by atoms with Crippen molar-refractivity contribution in [3.05, 3.63) is 65.7 Å². The molecule has 2 rings (SSSR count). The van der Waals surface area contributed by atoms with E-state index in [1.54, 1.807) is 12.1 Å². The smallest absolute Gasteiger partial charge is 0.432 e. The highest BCUT2D eigenvalue weighted by Crippen LogP contribution is 2.12. The van der Waals surface area contributed by atoms with Gasteiger partial charge in [0.15, 0.2) is 0 Å². The van der Waals surface area contributed by atoms with E-state index in [-0.39, 0.29) is 6.61 Å². The van der Waals surface area contributed by atoms with Gasteiger partial charge in [0, 0.05) is 0 Å². The van der Waals surface area contributed by atoms with E-state index in [4.69, 9.17) is 14.2 Å². The summed E-state index contributed by atoms with van der Waals surface area (Å²) in [5, 5.41) is 0. The zero-order chi connectivity index (χ0) is 14.9. The first-order valence-corrected chi connectivity index (χ1v) is 6.77. The molecule has 0 aliphatic heterocycles. The predicted octanol–water partition coefficient (Wildman–Crippen LogP) is 3.73. The first-order chi connectivity index (χ1) is 10.2. The van der Waals surface area contributed by atoms with Crippen LogP contribution in [-0.2, 0) is 16.1 Å². The van der Waals surface area contributed by atoms with Gasteiger partial charge in [0.1, 0.15) is 12.4 Å². The largest absolute Gasteiger partial charge is 0.513 e. The van der Waals surface area contributed by atoms with Crippen LogP contribution < -0.4 is 4.74 Å². The Morgan fingerprint density at radius 3 is 2.38 bits per heavy atom. The normalized spacial score (nSPS) is 10.1. The van der Waals surface area contributed by atoms with Gasteiger partial charge in [0.05, 0.1) is 13.2 Å². The van der Waals surface area contributed by atoms with E-state index < -0.39 is 6.16 Å². The van der Waals surface area contributed by atoms with Crippen molar-refractivity contribution < 1.29 is 19.0 Å². The van der Waals surface area contributed by atoms with Crippen LogP contribution in [0.5, 0.6) is 5.75 Å². The number of aryl methyl sites for hydroxylation is 1. The molecule has 4 nitrogen and oxygen atoms in total. The maximum atomic E-state index is 11.4. The average Bonchev–Trinajstić information content (AvgIpc) is 2.50. The molecule has 0 fully saturated rings. The van der Waals surface area contributed by atoms with Gasteiger partial charge in [-0.1, -0.05) is 48.0 Å². The monoisotopic (exact) mass is 286 g/mol. The predicted molar refractivity (Wildman–Crippen MR) is 79.3 cm³/mol. The summed E-state index contributed by atoms with van der Waals surface area (Å²) >= 11 is 0. The van der Waals surface area contributed by atoms with Gasteiger partial charge in [-0.15, -0.1) is 0 Å². The van der Waals surface area contributed by atoms with Crippen LogP contribution in [0.4, 0.5) is 4.79 Å². The second-order valence-corrected chi connectivity index (χ2v) is 4.55. The number of hydrogen-bond donors (Lipinski definition) is 0. The van der Waals surface area contributed by atoms with Crippen LogP contribution >= 0.6 is 0 Å². The molecule has 0 spiro atoms. The third-order valence-electron chi connectivity index (χ3n) is 2.78. The first-order valence-electron chi connectivity index (χ1n) is 6.77. The molecule has 21 heavy (non-hydrogen) atoms. The molecule has 0 unspecified atom stereocenters. The zero-order valence-electron chi connectivity index (χ0n) is 12.0. The molecule has 2 aromatic rings. The lowest BCUT2D eigenvalue weighted by atomic mass is 10.2. The van der Waals surface area contributed by atoms with E-state index in [2.05, 4.69) is 0 Å². The van der Waals surface area contributed by atoms with Crippen molar-refractivity contribution in [2.24, 2.45) is 0 Å². The summed E-state index contributed by atoms with van der Waals surface area (Å²) < 4.78 is 15.3. The minimum atomic E-state index is -0.720. The number of ether oxygens (including phenoxy) is 3. The Balaban J connectivity index is 1.60. The highest BCUT2D eigenvalue weighted by Gasteiger charge is 2.05. The molecule has 0 aromatic heterocycles. The van der Waals surface area contributed by atoms with Crippen molar-refractivity contribution in [3.63, 3.8) is 0 Å². The standard InChI is InChI=1S/C17H18O4/c1-14-7-9-16(10-8-14)21-17(18)20-12-11-19-13-15-5-3-2-4-6-15/h2-10H,11-13H2,1H3. The van der Waals surface area contributed by atoms with Crippen molar-refractivity contribution >= 4 is 6.16 Å². The van der Waals surface area contributed by atoms with Crippen molar-refractivity contribution in [2.75, 3.05) is 13.2 Å². The molecule has 0 saturated carbocycles. The van der Waals surface area contributed by atoms with Gasteiger partial charge in [-0.25, -0.2) is 4.79 Å². The molecule has 0 heterocycles. The summed E-state index contributed by atoms with van der Waals surface area (Å²) in [6, 6.07) is 17.0. The molecule has 0 atom stereocenters. The van der Waals surface area contributed by atoms with Gasteiger partial charge in [-0.2, -0.15) is 0 Å². The molecule has 4 heteroatoms. The number of carbonyl (C=O) groups excluding carboxylic acids is 1. The fraction of sp³-hybridized carbons (Fsp3) is 0.235. The maximum Gasteiger partial charge on any atom is 0.513 e. The fourth-order valence-electron chi connectivity index (χ4n) is 1.68. The van der Waals surface area contributed by atoms with Gasteiger partial charge in [-0.3, -0.25) is 0 Å². The maximum absolute atomic E-state index is 11.4. The van der Waals surface area contributed by atoms with E-state index in [1.165, 1.54) is 0 Å². The summed E-state index contributed by atoms with van der Waals surface area (Å²) in [5.74, 6) is 0.468. The highest BCUT2D eigenvalue weighted by molar-refractivity contribution is 5.63. The number of benzene rings is 2. The van der Waals surface area contributed by atoms with Crippen LogP contribution in [0.2, 0.25) is 0 Å². The second kappa shape index (κ2) is 8.07. The number of hydrogen-bond acceptors (Lipinski definition) is 4. The van der Waals surface area contributed by atoms with Gasteiger partial charge >= 0.3 is 6.16 Å². The lowest BCUT2D eigenvalue weighted by Crippen LogP contribution is -2.14. The Labute approximate surface area is 124 Å². The number of carbonyl (C=O) groups is 1. The van der Waals surface area contributed by atoms with Crippen LogP contribution in [0.15, 0.2) is 54.6 Å². The molecular formula is C17H18O4. The molecule has 2 aromatic carbocycles. The molecule has 0 saturated heterocycles. The van der Waals surface area contributed by atoms with Crippen LogP contribution in [0.1, 0.15) is 11.1 Å². The van der Waals surface area contributed by atoms with Gasteiger partial charge in [0.25, 0.3) is 0 Å². The molecule has 110 valence electrons. The topological polar surface area (TPSA) is 44.8 Å². The Hall–Kier alpha value is -2.33. The van der Waals surface area contributed by atoms with Crippen LogP contribution in [-0.4, -0.2) is 19.4 Å². The molecule has 0 N–H and O–H groups in total. The van der Waals surface area contributed by atoms with Crippen molar-refractivity contribution in [2.45, 2.75) is 13.5 Å². The number of rotatable bonds is 6. The van der Waals surface area contributed by atoms with Gasteiger partial charge in [0.2, 0.25) is 0 Å². The Morgan fingerprint density at radius 2 is 1.67 bits per heavy atom. The van der Waals surface area contributed by atoms with E-state index in [1.807, 2.05) is 49.4 Å². The van der Waals surface area contributed by atoms with Crippen LogP contribution in [0.3, 0.4) is 0 Å². The SMILES string of the molecule is Cc1ccc(OC(=O)OCCOCc2ccccc2)cc1. The highest BCUT2D eigenvalue weighted by atomic mass is 16.7. The summed E-state index contributed by atoms with van der Waals surface area (Å²) in [6.07, 6.45) is -0.720. The van der Waals surface area contributed by atoms with E-state index in [0.29, 0.717) is 19.0 Å². The Bertz CT molecular complexity index is 549. The Kier molecular flexibility index (Phi) is 5.79. The molecule has 0 bridgehead atoms. The van der Waals surface area contributed by atoms with Crippen molar-refractivity contribution in [3.8, 4) is 5.75 Å². The van der Waals surface area contributed by atoms with E-state index in [9.17, 15) is 4.79 Å². The Morgan fingerprint density at radius 1 is 0.952 bits per heavy atom. The lowest BCUT2D eigenvalue weighted by molar-refractivity contribution is 0.0463. The van der Waals surface area contributed by atoms with Gasteiger partial charge < -0.3 is 14.2 Å². The zero-order valence-corrected chi connectivity index (χ0v) is 12.0. The average molecular weight is 286 g/mol. The van der Waals surface area contributed by atoms with Crippen molar-refractivity contribution in [1.29, 1.82) is 0 Å². The second-order valence-electron chi connectivity index (χ2n) is 4.55. The third-order valence-corrected chi connectivity index (χ3v) is 2.78. The summed E-state index contributed by atoms with van der Waals surface area (Å²) in [4.78, 5) is 11.4. The molecule has 0 aliphatic rings. The summed E-state index contributed by atoms with van der Waals surface area (Å²) in [6.45, 7) is 2.96. The van der Waals surface area contributed by atoms with Crippen LogP contribution in [0, 0.1) is 6.92 Å². The molecular weight excluding hydrogens is 268 g/mol. The minimum absolute atomic E-state index is 0.164. The van der Waals surface area contributed by atoms with E-state index >= 15 is 0 Å². The molecule has 0 radical (unpaired) electrons.